The number of benzene rings is 2. The van der Waals surface area contributed by atoms with E-state index in [1.165, 1.54) is 47.2 Å². The zero-order valence-electron chi connectivity index (χ0n) is 14.7. The highest BCUT2D eigenvalue weighted by atomic mass is 19.4. The maximum absolute atomic E-state index is 13.7. The number of rotatable bonds is 5. The Balaban J connectivity index is 2.25. The lowest BCUT2D eigenvalue weighted by molar-refractivity contribution is -0.264. The first-order valence-electron chi connectivity index (χ1n) is 8.35. The normalized spacial score (nSPS) is 13.9. The van der Waals surface area contributed by atoms with Crippen LogP contribution in [-0.2, 0) is 12.1 Å². The van der Waals surface area contributed by atoms with Gasteiger partial charge >= 0.3 is 6.18 Å². The first-order chi connectivity index (χ1) is 13.2. The number of hydrogen-bond acceptors (Lipinski definition) is 1. The second-order valence-electron chi connectivity index (χ2n) is 6.46. The standard InChI is InChI=1S/C21H16F4N2O/c1-3-9-20(28,21(23,24)25)18-13-27(12-14-5-4-6-15(22)10-14)19-11-16(26-2)7-8-17(18)19/h3-8,10-11,13,28H,1,9,12H2. The third kappa shape index (κ3) is 3.39. The molecule has 0 aliphatic carbocycles. The summed E-state index contributed by atoms with van der Waals surface area (Å²) in [6.45, 7) is 10.6. The third-order valence-corrected chi connectivity index (χ3v) is 4.59. The number of aromatic nitrogens is 1. The van der Waals surface area contributed by atoms with Gasteiger partial charge in [0.1, 0.15) is 5.82 Å². The molecule has 3 rings (SSSR count). The van der Waals surface area contributed by atoms with Crippen molar-refractivity contribution >= 4 is 16.6 Å². The van der Waals surface area contributed by atoms with Gasteiger partial charge in [0.2, 0.25) is 0 Å². The predicted octanol–water partition coefficient (Wildman–Crippen LogP) is 5.71. The number of alkyl halides is 3. The molecule has 0 aliphatic heterocycles. The fourth-order valence-electron chi connectivity index (χ4n) is 3.23. The van der Waals surface area contributed by atoms with Crippen LogP contribution >= 0.6 is 0 Å². The lowest BCUT2D eigenvalue weighted by Crippen LogP contribution is -2.41. The molecule has 0 saturated heterocycles. The lowest BCUT2D eigenvalue weighted by atomic mass is 9.89. The van der Waals surface area contributed by atoms with E-state index >= 15 is 0 Å². The number of nitrogens with zero attached hydrogens (tertiary/aromatic N) is 2. The molecule has 1 N–H and O–H groups in total. The highest BCUT2D eigenvalue weighted by Crippen LogP contribution is 2.45. The van der Waals surface area contributed by atoms with Gasteiger partial charge in [-0.15, -0.1) is 6.58 Å². The van der Waals surface area contributed by atoms with Crippen LogP contribution in [-0.4, -0.2) is 15.8 Å². The van der Waals surface area contributed by atoms with Crippen molar-refractivity contribution in [2.75, 3.05) is 0 Å². The van der Waals surface area contributed by atoms with Crippen molar-refractivity contribution in [2.24, 2.45) is 0 Å². The molecule has 3 nitrogen and oxygen atoms in total. The first-order valence-corrected chi connectivity index (χ1v) is 8.35. The summed E-state index contributed by atoms with van der Waals surface area (Å²) in [5.74, 6) is -0.463. The Morgan fingerprint density at radius 3 is 2.54 bits per heavy atom. The van der Waals surface area contributed by atoms with E-state index in [1.54, 1.807) is 6.07 Å². The summed E-state index contributed by atoms with van der Waals surface area (Å²) >= 11 is 0. The Hall–Kier alpha value is -3.11. The van der Waals surface area contributed by atoms with Gasteiger partial charge in [-0.05, 0) is 23.8 Å². The zero-order valence-corrected chi connectivity index (χ0v) is 14.7. The fourth-order valence-corrected chi connectivity index (χ4v) is 3.23. The molecule has 0 amide bonds. The van der Waals surface area contributed by atoms with Crippen molar-refractivity contribution in [3.8, 4) is 0 Å². The fraction of sp³-hybridized carbons (Fsp3) is 0.190. The highest BCUT2D eigenvalue weighted by Gasteiger charge is 2.55. The summed E-state index contributed by atoms with van der Waals surface area (Å²) in [6, 6.07) is 9.95. The van der Waals surface area contributed by atoms with Gasteiger partial charge in [0.15, 0.2) is 11.3 Å². The summed E-state index contributed by atoms with van der Waals surface area (Å²) in [5.41, 5.74) is -2.32. The zero-order chi connectivity index (χ0) is 20.5. The lowest BCUT2D eigenvalue weighted by Gasteiger charge is -2.29. The van der Waals surface area contributed by atoms with E-state index in [1.807, 2.05) is 0 Å². The molecule has 7 heteroatoms. The Morgan fingerprint density at radius 2 is 1.93 bits per heavy atom. The molecule has 1 heterocycles. The van der Waals surface area contributed by atoms with Gasteiger partial charge in [-0.2, -0.15) is 13.2 Å². The van der Waals surface area contributed by atoms with Gasteiger partial charge in [-0.25, -0.2) is 9.24 Å². The minimum absolute atomic E-state index is 0.0811. The summed E-state index contributed by atoms with van der Waals surface area (Å²) in [6.07, 6.45) is -3.44. The second kappa shape index (κ2) is 7.13. The molecule has 1 unspecified atom stereocenters. The van der Waals surface area contributed by atoms with E-state index in [-0.39, 0.29) is 23.2 Å². The number of fused-ring (bicyclic) bond motifs is 1. The molecular weight excluding hydrogens is 372 g/mol. The van der Waals surface area contributed by atoms with Crippen LogP contribution in [0.5, 0.6) is 0 Å². The molecule has 0 bridgehead atoms. The smallest absolute Gasteiger partial charge is 0.376 e. The molecule has 0 aliphatic rings. The van der Waals surface area contributed by atoms with Crippen LogP contribution in [0.3, 0.4) is 0 Å². The number of aliphatic hydroxyl groups is 1. The summed E-state index contributed by atoms with van der Waals surface area (Å²) in [7, 11) is 0. The van der Waals surface area contributed by atoms with Crippen molar-refractivity contribution in [3.63, 3.8) is 0 Å². The van der Waals surface area contributed by atoms with Gasteiger partial charge in [0, 0.05) is 35.6 Å². The SMILES string of the molecule is [C-]#[N+]c1ccc2c(C(O)(CC=C)C(F)(F)F)cn(Cc3cccc(F)c3)c2c1. The molecule has 0 radical (unpaired) electrons. The topological polar surface area (TPSA) is 29.5 Å². The van der Waals surface area contributed by atoms with Crippen LogP contribution in [0.25, 0.3) is 15.7 Å². The van der Waals surface area contributed by atoms with Crippen molar-refractivity contribution in [2.45, 2.75) is 24.7 Å². The minimum Gasteiger partial charge on any atom is -0.376 e. The molecule has 144 valence electrons. The molecule has 2 aromatic carbocycles. The maximum atomic E-state index is 13.7. The van der Waals surface area contributed by atoms with Gasteiger partial charge in [0.05, 0.1) is 6.57 Å². The van der Waals surface area contributed by atoms with E-state index in [4.69, 9.17) is 6.57 Å². The van der Waals surface area contributed by atoms with Crippen molar-refractivity contribution in [1.82, 2.24) is 4.57 Å². The van der Waals surface area contributed by atoms with Crippen molar-refractivity contribution in [3.05, 3.63) is 89.7 Å². The Labute approximate surface area is 159 Å². The van der Waals surface area contributed by atoms with Crippen LogP contribution in [0, 0.1) is 12.4 Å². The summed E-state index contributed by atoms with van der Waals surface area (Å²) < 4.78 is 56.2. The predicted molar refractivity (Wildman–Crippen MR) is 98.5 cm³/mol. The monoisotopic (exact) mass is 388 g/mol. The summed E-state index contributed by atoms with van der Waals surface area (Å²) in [5, 5.41) is 10.7. The van der Waals surface area contributed by atoms with E-state index in [2.05, 4.69) is 11.4 Å². The maximum Gasteiger partial charge on any atom is 0.421 e. The number of hydrogen-bond donors (Lipinski definition) is 1. The van der Waals surface area contributed by atoms with E-state index < -0.39 is 24.0 Å². The van der Waals surface area contributed by atoms with Crippen molar-refractivity contribution < 1.29 is 22.7 Å². The van der Waals surface area contributed by atoms with Gasteiger partial charge in [-0.3, -0.25) is 0 Å². The van der Waals surface area contributed by atoms with Gasteiger partial charge in [-0.1, -0.05) is 30.3 Å². The van der Waals surface area contributed by atoms with Gasteiger partial charge in [0.25, 0.3) is 0 Å². The molecular formula is C21H16F4N2O. The molecule has 0 fully saturated rings. The average Bonchev–Trinajstić information content (AvgIpc) is 2.99. The Kier molecular flexibility index (Phi) is 5.01. The molecule has 1 atom stereocenters. The van der Waals surface area contributed by atoms with Crippen LogP contribution in [0.4, 0.5) is 23.2 Å². The molecule has 0 saturated carbocycles. The third-order valence-electron chi connectivity index (χ3n) is 4.59. The van der Waals surface area contributed by atoms with E-state index in [9.17, 15) is 22.7 Å². The Bertz CT molecular complexity index is 1080. The van der Waals surface area contributed by atoms with Gasteiger partial charge < -0.3 is 9.67 Å². The Morgan fingerprint density at radius 1 is 1.18 bits per heavy atom. The molecule has 0 spiro atoms. The minimum atomic E-state index is -4.93. The van der Waals surface area contributed by atoms with Crippen LogP contribution in [0.1, 0.15) is 17.5 Å². The summed E-state index contributed by atoms with van der Waals surface area (Å²) in [4.78, 5) is 3.32. The van der Waals surface area contributed by atoms with Crippen LogP contribution in [0.15, 0.2) is 61.3 Å². The molecule has 3 aromatic rings. The largest absolute Gasteiger partial charge is 0.421 e. The highest BCUT2D eigenvalue weighted by molar-refractivity contribution is 5.88. The molecule has 28 heavy (non-hydrogen) atoms. The second-order valence-corrected chi connectivity index (χ2v) is 6.46. The number of halogens is 4. The van der Waals surface area contributed by atoms with E-state index in [0.717, 1.165) is 6.08 Å². The van der Waals surface area contributed by atoms with Crippen molar-refractivity contribution in [1.29, 1.82) is 0 Å². The van der Waals surface area contributed by atoms with Crippen LogP contribution in [0.2, 0.25) is 0 Å². The molecule has 1 aromatic heterocycles. The van der Waals surface area contributed by atoms with E-state index in [0.29, 0.717) is 11.1 Å². The van der Waals surface area contributed by atoms with Crippen LogP contribution < -0.4 is 0 Å². The average molecular weight is 388 g/mol. The quantitative estimate of drug-likeness (QED) is 0.339. The first kappa shape index (κ1) is 19.6.